The topological polar surface area (TPSA) is 57.5 Å². The van der Waals surface area contributed by atoms with Crippen LogP contribution in [-0.2, 0) is 4.79 Å². The Kier molecular flexibility index (Phi) is 3.27. The van der Waals surface area contributed by atoms with Crippen molar-refractivity contribution in [3.63, 3.8) is 0 Å². The third kappa shape index (κ3) is 2.41. The summed E-state index contributed by atoms with van der Waals surface area (Å²) < 4.78 is 0.954. The van der Waals surface area contributed by atoms with Crippen molar-refractivity contribution in [2.24, 2.45) is 0 Å². The molecule has 13 heavy (non-hydrogen) atoms. The molecule has 1 aromatic rings. The summed E-state index contributed by atoms with van der Waals surface area (Å²) >= 11 is 2.10. The second-order valence-electron chi connectivity index (χ2n) is 2.75. The molecule has 1 aromatic carbocycles. The number of rotatable bonds is 2. The van der Waals surface area contributed by atoms with Gasteiger partial charge in [-0.1, -0.05) is 12.1 Å². The lowest BCUT2D eigenvalue weighted by Gasteiger charge is -2.07. The van der Waals surface area contributed by atoms with Crippen LogP contribution in [0.5, 0.6) is 0 Å². The van der Waals surface area contributed by atoms with Crippen molar-refractivity contribution in [3.05, 3.63) is 32.9 Å². The average molecular weight is 292 g/mol. The Bertz CT molecular complexity index is 336. The van der Waals surface area contributed by atoms with E-state index in [0.717, 1.165) is 9.13 Å². The maximum absolute atomic E-state index is 10.4. The molecule has 3 nitrogen and oxygen atoms in total. The van der Waals surface area contributed by atoms with Gasteiger partial charge in [-0.15, -0.1) is 0 Å². The molecule has 1 rings (SSSR count). The molecule has 0 saturated heterocycles. The van der Waals surface area contributed by atoms with Crippen LogP contribution in [0.25, 0.3) is 0 Å². The van der Waals surface area contributed by atoms with Crippen LogP contribution in [-0.4, -0.2) is 16.2 Å². The molecule has 70 valence electrons. The van der Waals surface area contributed by atoms with Gasteiger partial charge in [0.2, 0.25) is 0 Å². The zero-order valence-electron chi connectivity index (χ0n) is 6.99. The first-order chi connectivity index (χ1) is 6.02. The standard InChI is InChI=1S/C9H9IO3/c1-5-2-3-6(4-7(5)10)8(11)9(12)13/h2-4,8,11H,1H3,(H,12,13). The monoisotopic (exact) mass is 292 g/mol. The van der Waals surface area contributed by atoms with Crippen molar-refractivity contribution in [1.82, 2.24) is 0 Å². The number of carbonyl (C=O) groups is 1. The molecule has 0 amide bonds. The number of aliphatic hydroxyl groups is 1. The maximum Gasteiger partial charge on any atom is 0.337 e. The van der Waals surface area contributed by atoms with Crippen LogP contribution in [0.15, 0.2) is 18.2 Å². The Balaban J connectivity index is 3.03. The number of benzene rings is 1. The molecule has 0 aliphatic carbocycles. The Labute approximate surface area is 89.5 Å². The minimum absolute atomic E-state index is 0.419. The van der Waals surface area contributed by atoms with E-state index >= 15 is 0 Å². The summed E-state index contributed by atoms with van der Waals surface area (Å²) in [6, 6.07) is 5.09. The highest BCUT2D eigenvalue weighted by molar-refractivity contribution is 14.1. The van der Waals surface area contributed by atoms with Crippen LogP contribution >= 0.6 is 22.6 Å². The molecule has 0 aliphatic heterocycles. The molecule has 0 spiro atoms. The van der Waals surface area contributed by atoms with Crippen molar-refractivity contribution in [1.29, 1.82) is 0 Å². The Morgan fingerprint density at radius 2 is 2.15 bits per heavy atom. The first kappa shape index (κ1) is 10.5. The molecule has 0 aliphatic rings. The lowest BCUT2D eigenvalue weighted by atomic mass is 10.1. The van der Waals surface area contributed by atoms with E-state index in [2.05, 4.69) is 22.6 Å². The lowest BCUT2D eigenvalue weighted by molar-refractivity contribution is -0.146. The van der Waals surface area contributed by atoms with Gasteiger partial charge in [-0.2, -0.15) is 0 Å². The van der Waals surface area contributed by atoms with Gasteiger partial charge >= 0.3 is 5.97 Å². The predicted molar refractivity (Wildman–Crippen MR) is 56.5 cm³/mol. The second-order valence-corrected chi connectivity index (χ2v) is 3.91. The van der Waals surface area contributed by atoms with Gasteiger partial charge in [0.1, 0.15) is 0 Å². The highest BCUT2D eigenvalue weighted by Gasteiger charge is 2.15. The van der Waals surface area contributed by atoms with Crippen LogP contribution in [0.2, 0.25) is 0 Å². The van der Waals surface area contributed by atoms with Crippen molar-refractivity contribution in [2.75, 3.05) is 0 Å². The number of aryl methyl sites for hydroxylation is 1. The Hall–Kier alpha value is -0.620. The summed E-state index contributed by atoms with van der Waals surface area (Å²) in [5, 5.41) is 17.8. The summed E-state index contributed by atoms with van der Waals surface area (Å²) in [7, 11) is 0. The van der Waals surface area contributed by atoms with Gasteiger partial charge in [-0.3, -0.25) is 0 Å². The van der Waals surface area contributed by atoms with Gasteiger partial charge in [-0.05, 0) is 46.7 Å². The van der Waals surface area contributed by atoms with Crippen LogP contribution in [0.3, 0.4) is 0 Å². The Morgan fingerprint density at radius 1 is 1.54 bits per heavy atom. The highest BCUT2D eigenvalue weighted by Crippen LogP contribution is 2.18. The normalized spacial score (nSPS) is 12.5. The summed E-state index contributed by atoms with van der Waals surface area (Å²) in [5.41, 5.74) is 1.49. The number of halogens is 1. The minimum atomic E-state index is -1.42. The van der Waals surface area contributed by atoms with Gasteiger partial charge in [0, 0.05) is 3.57 Å². The number of aliphatic carboxylic acids is 1. The third-order valence-electron chi connectivity index (χ3n) is 1.75. The van der Waals surface area contributed by atoms with Crippen LogP contribution < -0.4 is 0 Å². The quantitative estimate of drug-likeness (QED) is 0.816. The zero-order valence-corrected chi connectivity index (χ0v) is 9.15. The molecule has 0 fully saturated rings. The van der Waals surface area contributed by atoms with E-state index in [-0.39, 0.29) is 0 Å². The van der Waals surface area contributed by atoms with Crippen molar-refractivity contribution in [3.8, 4) is 0 Å². The number of hydrogen-bond acceptors (Lipinski definition) is 2. The largest absolute Gasteiger partial charge is 0.479 e. The Morgan fingerprint density at radius 3 is 2.62 bits per heavy atom. The highest BCUT2D eigenvalue weighted by atomic mass is 127. The molecular formula is C9H9IO3. The summed E-state index contributed by atoms with van der Waals surface area (Å²) in [5.74, 6) is -1.22. The summed E-state index contributed by atoms with van der Waals surface area (Å²) in [6.45, 7) is 1.93. The molecule has 2 N–H and O–H groups in total. The number of carboxylic acids is 1. The molecule has 0 aromatic heterocycles. The van der Waals surface area contributed by atoms with E-state index in [1.54, 1.807) is 18.2 Å². The molecule has 0 heterocycles. The number of aliphatic hydroxyl groups excluding tert-OH is 1. The number of carboxylic acid groups (broad SMARTS) is 1. The van der Waals surface area contributed by atoms with Crippen LogP contribution in [0.1, 0.15) is 17.2 Å². The van der Waals surface area contributed by atoms with Crippen molar-refractivity contribution < 1.29 is 15.0 Å². The van der Waals surface area contributed by atoms with Crippen molar-refractivity contribution >= 4 is 28.6 Å². The van der Waals surface area contributed by atoms with Crippen molar-refractivity contribution in [2.45, 2.75) is 13.0 Å². The van der Waals surface area contributed by atoms with E-state index in [0.29, 0.717) is 5.56 Å². The third-order valence-corrected chi connectivity index (χ3v) is 2.91. The molecule has 4 heteroatoms. The van der Waals surface area contributed by atoms with Gasteiger partial charge < -0.3 is 10.2 Å². The zero-order chi connectivity index (χ0) is 10.0. The van der Waals surface area contributed by atoms with Gasteiger partial charge in [0.05, 0.1) is 0 Å². The first-order valence-corrected chi connectivity index (χ1v) is 4.77. The second kappa shape index (κ2) is 4.06. The van der Waals surface area contributed by atoms with Gasteiger partial charge in [-0.25, -0.2) is 4.79 Å². The fourth-order valence-electron chi connectivity index (χ4n) is 0.922. The fraction of sp³-hybridized carbons (Fsp3) is 0.222. The number of hydrogen-bond donors (Lipinski definition) is 2. The lowest BCUT2D eigenvalue weighted by Crippen LogP contribution is -2.10. The molecule has 1 atom stereocenters. The molecule has 1 unspecified atom stereocenters. The maximum atomic E-state index is 10.4. The van der Waals surface area contributed by atoms with Gasteiger partial charge in [0.15, 0.2) is 6.10 Å². The van der Waals surface area contributed by atoms with E-state index in [1.807, 2.05) is 6.92 Å². The van der Waals surface area contributed by atoms with Crippen LogP contribution in [0.4, 0.5) is 0 Å². The molecule has 0 saturated carbocycles. The molecule has 0 radical (unpaired) electrons. The van der Waals surface area contributed by atoms with Gasteiger partial charge in [0.25, 0.3) is 0 Å². The average Bonchev–Trinajstić information content (AvgIpc) is 2.08. The van der Waals surface area contributed by atoms with E-state index in [1.165, 1.54) is 0 Å². The van der Waals surface area contributed by atoms with E-state index < -0.39 is 12.1 Å². The van der Waals surface area contributed by atoms with E-state index in [4.69, 9.17) is 5.11 Å². The summed E-state index contributed by atoms with van der Waals surface area (Å²) in [6.07, 6.45) is -1.42. The fourth-order valence-corrected chi connectivity index (χ4v) is 1.46. The first-order valence-electron chi connectivity index (χ1n) is 3.69. The molecular weight excluding hydrogens is 283 g/mol. The predicted octanol–water partition coefficient (Wildman–Crippen LogP) is 1.72. The van der Waals surface area contributed by atoms with E-state index in [9.17, 15) is 9.90 Å². The van der Waals surface area contributed by atoms with Crippen LogP contribution in [0, 0.1) is 10.5 Å². The summed E-state index contributed by atoms with van der Waals surface area (Å²) in [4.78, 5) is 10.4. The minimum Gasteiger partial charge on any atom is -0.479 e. The SMILES string of the molecule is Cc1ccc(C(O)C(=O)O)cc1I. The smallest absolute Gasteiger partial charge is 0.337 e. The molecule has 0 bridgehead atoms.